The second kappa shape index (κ2) is 9.49. The zero-order valence-electron chi connectivity index (χ0n) is 18.0. The zero-order valence-corrected chi connectivity index (χ0v) is 20.4. The second-order valence-electron chi connectivity index (χ2n) is 7.30. The van der Waals surface area contributed by atoms with E-state index in [1.807, 2.05) is 0 Å². The van der Waals surface area contributed by atoms with Crippen molar-refractivity contribution in [2.75, 3.05) is 16.3 Å². The molecule has 0 saturated heterocycles. The average Bonchev–Trinajstić information content (AvgIpc) is 3.27. The van der Waals surface area contributed by atoms with E-state index in [0.29, 0.717) is 10.6 Å². The number of sulfonamides is 1. The number of nitrogens with zero attached hydrogens (tertiary/aromatic N) is 2. The molecule has 4 rings (SSSR count). The van der Waals surface area contributed by atoms with Gasteiger partial charge in [0.05, 0.1) is 9.79 Å². The Balaban J connectivity index is 1.42. The van der Waals surface area contributed by atoms with Crippen LogP contribution in [0.25, 0.3) is 11.5 Å². The minimum Gasteiger partial charge on any atom is -0.403 e. The topological polar surface area (TPSA) is 148 Å². The number of hydrogen-bond donors (Lipinski definition) is 2. The minimum absolute atomic E-state index is 0.0434. The summed E-state index contributed by atoms with van der Waals surface area (Å²) < 4.78 is 55.9. The Labute approximate surface area is 205 Å². The van der Waals surface area contributed by atoms with Crippen LogP contribution in [-0.4, -0.2) is 39.2 Å². The number of benzene rings is 3. The van der Waals surface area contributed by atoms with Gasteiger partial charge in [-0.15, -0.1) is 5.10 Å². The molecule has 0 aliphatic rings. The van der Waals surface area contributed by atoms with E-state index in [2.05, 4.69) is 20.2 Å². The Hall–Kier alpha value is -3.74. The number of nitrogens with one attached hydrogen (secondary N) is 2. The van der Waals surface area contributed by atoms with Crippen LogP contribution in [-0.2, 0) is 19.9 Å². The van der Waals surface area contributed by atoms with Crippen LogP contribution in [0.3, 0.4) is 0 Å². The fraction of sp³-hybridized carbons (Fsp3) is 0.0455. The molecule has 0 atom stereocenters. The van der Waals surface area contributed by atoms with Gasteiger partial charge in [-0.05, 0) is 72.8 Å². The second-order valence-corrected chi connectivity index (χ2v) is 11.4. The lowest BCUT2D eigenvalue weighted by atomic mass is 10.2. The zero-order chi connectivity index (χ0) is 25.2. The van der Waals surface area contributed by atoms with E-state index in [1.54, 1.807) is 0 Å². The van der Waals surface area contributed by atoms with Crippen LogP contribution in [0, 0.1) is 0 Å². The first-order valence-corrected chi connectivity index (χ1v) is 13.6. The average molecular weight is 533 g/mol. The molecule has 10 nitrogen and oxygen atoms in total. The summed E-state index contributed by atoms with van der Waals surface area (Å²) in [5.74, 6) is -0.466. The minimum atomic E-state index is -3.82. The van der Waals surface area contributed by atoms with Gasteiger partial charge in [-0.2, -0.15) is 0 Å². The number of rotatable bonds is 7. The van der Waals surface area contributed by atoms with Crippen LogP contribution in [0.1, 0.15) is 10.4 Å². The maximum atomic E-state index is 12.5. The molecule has 0 spiro atoms. The highest BCUT2D eigenvalue weighted by Gasteiger charge is 2.16. The largest absolute Gasteiger partial charge is 0.403 e. The summed E-state index contributed by atoms with van der Waals surface area (Å²) in [7, 11) is -7.16. The van der Waals surface area contributed by atoms with Crippen molar-refractivity contribution in [2.24, 2.45) is 0 Å². The Bertz CT molecular complexity index is 1580. The molecule has 0 radical (unpaired) electrons. The van der Waals surface area contributed by atoms with Gasteiger partial charge in [-0.25, -0.2) is 16.8 Å². The van der Waals surface area contributed by atoms with Gasteiger partial charge in [0.25, 0.3) is 15.9 Å². The van der Waals surface area contributed by atoms with Gasteiger partial charge in [-0.1, -0.05) is 16.7 Å². The first kappa shape index (κ1) is 24.4. The Morgan fingerprint density at radius 3 is 2.03 bits per heavy atom. The van der Waals surface area contributed by atoms with Gasteiger partial charge in [-0.3, -0.25) is 14.8 Å². The molecular formula is C22H17ClN4O6S2. The lowest BCUT2D eigenvalue weighted by Gasteiger charge is -2.09. The third-order valence-electron chi connectivity index (χ3n) is 4.70. The molecule has 0 aliphatic carbocycles. The molecule has 35 heavy (non-hydrogen) atoms. The lowest BCUT2D eigenvalue weighted by molar-refractivity contribution is 0.102. The molecule has 0 saturated carbocycles. The number of amides is 1. The van der Waals surface area contributed by atoms with Gasteiger partial charge in [0, 0.05) is 28.1 Å². The number of carbonyl (C=O) groups excluding carboxylic acids is 1. The molecule has 0 aliphatic heterocycles. The molecule has 1 amide bonds. The van der Waals surface area contributed by atoms with E-state index in [9.17, 15) is 21.6 Å². The number of aromatic nitrogens is 2. The molecule has 0 bridgehead atoms. The van der Waals surface area contributed by atoms with Crippen LogP contribution >= 0.6 is 11.6 Å². The number of halogens is 1. The predicted octanol–water partition coefficient (Wildman–Crippen LogP) is 3.85. The Morgan fingerprint density at radius 2 is 1.43 bits per heavy atom. The summed E-state index contributed by atoms with van der Waals surface area (Å²) in [5, 5.41) is 10.5. The number of carbonyl (C=O) groups is 1. The van der Waals surface area contributed by atoms with Gasteiger partial charge in [0.1, 0.15) is 0 Å². The first-order valence-electron chi connectivity index (χ1n) is 9.85. The third-order valence-corrected chi connectivity index (χ3v) is 7.48. The number of sulfone groups is 1. The van der Waals surface area contributed by atoms with Crippen LogP contribution in [0.15, 0.2) is 87.0 Å². The van der Waals surface area contributed by atoms with E-state index < -0.39 is 25.8 Å². The van der Waals surface area contributed by atoms with Crippen molar-refractivity contribution in [3.8, 4) is 11.5 Å². The van der Waals surface area contributed by atoms with Gasteiger partial charge >= 0.3 is 6.01 Å². The molecule has 13 heteroatoms. The Morgan fingerprint density at radius 1 is 0.829 bits per heavy atom. The summed E-state index contributed by atoms with van der Waals surface area (Å²) in [5.41, 5.74) is 0.952. The van der Waals surface area contributed by atoms with Crippen molar-refractivity contribution < 1.29 is 26.0 Å². The fourth-order valence-corrected chi connectivity index (χ4v) is 4.74. The van der Waals surface area contributed by atoms with Crippen molar-refractivity contribution in [3.63, 3.8) is 0 Å². The summed E-state index contributed by atoms with van der Waals surface area (Å²) in [6.45, 7) is 0. The van der Waals surface area contributed by atoms with Gasteiger partial charge < -0.3 is 4.42 Å². The molecular weight excluding hydrogens is 516 g/mol. The van der Waals surface area contributed by atoms with Crippen molar-refractivity contribution in [3.05, 3.63) is 83.4 Å². The predicted molar refractivity (Wildman–Crippen MR) is 129 cm³/mol. The molecule has 4 aromatic rings. The third kappa shape index (κ3) is 5.85. The first-order chi connectivity index (χ1) is 16.5. The summed E-state index contributed by atoms with van der Waals surface area (Å²) in [6.07, 6.45) is 1.10. The van der Waals surface area contributed by atoms with E-state index in [-0.39, 0.29) is 32.9 Å². The summed E-state index contributed by atoms with van der Waals surface area (Å²) in [4.78, 5) is 12.7. The summed E-state index contributed by atoms with van der Waals surface area (Å²) >= 11 is 5.79. The molecule has 0 unspecified atom stereocenters. The highest BCUT2D eigenvalue weighted by Crippen LogP contribution is 2.23. The summed E-state index contributed by atoms with van der Waals surface area (Å²) in [6, 6.07) is 17.1. The molecule has 180 valence electrons. The monoisotopic (exact) mass is 532 g/mol. The highest BCUT2D eigenvalue weighted by atomic mass is 35.5. The van der Waals surface area contributed by atoms with Crippen molar-refractivity contribution in [1.29, 1.82) is 0 Å². The molecule has 1 aromatic heterocycles. The van der Waals surface area contributed by atoms with Crippen molar-refractivity contribution in [1.82, 2.24) is 10.2 Å². The van der Waals surface area contributed by atoms with Crippen molar-refractivity contribution in [2.45, 2.75) is 9.79 Å². The van der Waals surface area contributed by atoms with E-state index in [4.69, 9.17) is 16.0 Å². The fourth-order valence-electron chi connectivity index (χ4n) is 2.92. The Kier molecular flexibility index (Phi) is 6.61. The van der Waals surface area contributed by atoms with Crippen LogP contribution in [0.5, 0.6) is 0 Å². The number of hydrogen-bond acceptors (Lipinski definition) is 8. The maximum Gasteiger partial charge on any atom is 0.322 e. The highest BCUT2D eigenvalue weighted by molar-refractivity contribution is 7.92. The van der Waals surface area contributed by atoms with E-state index in [0.717, 1.165) is 6.26 Å². The van der Waals surface area contributed by atoms with Crippen LogP contribution in [0.2, 0.25) is 5.02 Å². The smallest absolute Gasteiger partial charge is 0.322 e. The SMILES string of the molecule is CS(=O)(=O)c1ccc(-c2nnc(NC(=O)c3ccc(NS(=O)(=O)c4ccc(Cl)cc4)cc3)o2)cc1. The van der Waals surface area contributed by atoms with E-state index in [1.165, 1.54) is 72.8 Å². The molecule has 3 aromatic carbocycles. The quantitative estimate of drug-likeness (QED) is 0.364. The maximum absolute atomic E-state index is 12.5. The van der Waals surface area contributed by atoms with E-state index >= 15 is 0 Å². The molecule has 2 N–H and O–H groups in total. The van der Waals surface area contributed by atoms with Gasteiger partial charge in [0.2, 0.25) is 5.89 Å². The lowest BCUT2D eigenvalue weighted by Crippen LogP contribution is -2.14. The van der Waals surface area contributed by atoms with Crippen LogP contribution < -0.4 is 10.0 Å². The van der Waals surface area contributed by atoms with Crippen LogP contribution in [0.4, 0.5) is 11.7 Å². The molecule has 0 fully saturated rings. The molecule has 1 heterocycles. The number of anilines is 2. The standard InChI is InChI=1S/C22H17ClN4O6S2/c1-34(29,30)18-10-4-15(5-11-18)21-25-26-22(33-21)24-20(28)14-2-8-17(9-3-14)27-35(31,32)19-12-6-16(23)7-13-19/h2-13,27H,1H3,(H,24,26,28). The van der Waals surface area contributed by atoms with Crippen molar-refractivity contribution >= 4 is 49.1 Å². The normalized spacial score (nSPS) is 11.7. The van der Waals surface area contributed by atoms with Gasteiger partial charge in [0.15, 0.2) is 9.84 Å².